The predicted molar refractivity (Wildman–Crippen MR) is 74.4 cm³/mol. The maximum Gasteiger partial charge on any atom is 0.305 e. The van der Waals surface area contributed by atoms with Crippen LogP contribution in [0.3, 0.4) is 0 Å². The first-order valence-electron chi connectivity index (χ1n) is 6.61. The quantitative estimate of drug-likeness (QED) is 0.664. The molecule has 1 unspecified atom stereocenters. The Kier molecular flexibility index (Phi) is 4.48. The van der Waals surface area contributed by atoms with Gasteiger partial charge in [0.15, 0.2) is 0 Å². The molecule has 0 radical (unpaired) electrons. The number of hydrogen-bond acceptors (Lipinski definition) is 6. The van der Waals surface area contributed by atoms with Crippen molar-refractivity contribution >= 4 is 11.5 Å². The van der Waals surface area contributed by atoms with Gasteiger partial charge >= 0.3 is 5.69 Å². The van der Waals surface area contributed by atoms with Gasteiger partial charge in [-0.25, -0.2) is 4.98 Å². The first-order chi connectivity index (χ1) is 9.61. The Hall–Kier alpha value is -2.20. The second kappa shape index (κ2) is 6.30. The second-order valence-corrected chi connectivity index (χ2v) is 4.94. The number of piperidine rings is 1. The zero-order valence-corrected chi connectivity index (χ0v) is 11.4. The molecule has 2 rings (SSSR count). The Morgan fingerprint density at radius 3 is 3.05 bits per heavy atom. The highest BCUT2D eigenvalue weighted by Gasteiger charge is 2.19. The van der Waals surface area contributed by atoms with E-state index >= 15 is 0 Å². The molecule has 1 aromatic heterocycles. The molecule has 106 valence electrons. The molecular weight excluding hydrogens is 258 g/mol. The molecule has 1 aliphatic rings. The normalized spacial score (nSPS) is 19.3. The average molecular weight is 275 g/mol. The summed E-state index contributed by atoms with van der Waals surface area (Å²) in [5.41, 5.74) is -0.412. The highest BCUT2D eigenvalue weighted by molar-refractivity contribution is 5.50. The van der Waals surface area contributed by atoms with Crippen LogP contribution in [0.1, 0.15) is 25.0 Å². The summed E-state index contributed by atoms with van der Waals surface area (Å²) in [6.07, 6.45) is 3.57. The van der Waals surface area contributed by atoms with Crippen LogP contribution in [0, 0.1) is 21.4 Å². The molecule has 0 aromatic carbocycles. The molecule has 1 fully saturated rings. The molecule has 20 heavy (non-hydrogen) atoms. The van der Waals surface area contributed by atoms with Crippen molar-refractivity contribution in [3.05, 3.63) is 27.9 Å². The van der Waals surface area contributed by atoms with E-state index in [-0.39, 0.29) is 11.4 Å². The van der Waals surface area contributed by atoms with Crippen molar-refractivity contribution in [3.63, 3.8) is 0 Å². The molecule has 1 aromatic rings. The van der Waals surface area contributed by atoms with Gasteiger partial charge in [-0.1, -0.05) is 6.42 Å². The van der Waals surface area contributed by atoms with E-state index in [1.54, 1.807) is 12.1 Å². The van der Waals surface area contributed by atoms with Crippen molar-refractivity contribution in [1.82, 2.24) is 9.88 Å². The van der Waals surface area contributed by atoms with Gasteiger partial charge in [0, 0.05) is 18.7 Å². The fourth-order valence-corrected chi connectivity index (χ4v) is 2.40. The van der Waals surface area contributed by atoms with E-state index in [1.165, 1.54) is 18.9 Å². The highest BCUT2D eigenvalue weighted by atomic mass is 16.6. The monoisotopic (exact) mass is 275 g/mol. The van der Waals surface area contributed by atoms with Gasteiger partial charge in [-0.15, -0.1) is 0 Å². The third kappa shape index (κ3) is 3.22. The Labute approximate surface area is 117 Å². The lowest BCUT2D eigenvalue weighted by Crippen LogP contribution is -2.40. The minimum atomic E-state index is -0.593. The van der Waals surface area contributed by atoms with E-state index < -0.39 is 4.92 Å². The Morgan fingerprint density at radius 2 is 2.40 bits per heavy atom. The van der Waals surface area contributed by atoms with Gasteiger partial charge in [0.1, 0.15) is 11.9 Å². The van der Waals surface area contributed by atoms with E-state index in [0.717, 1.165) is 19.5 Å². The number of pyridine rings is 1. The largest absolute Gasteiger partial charge is 0.368 e. The molecule has 2 heterocycles. The number of nitrogens with zero attached hydrogens (tertiary/aromatic N) is 4. The first-order valence-corrected chi connectivity index (χ1v) is 6.61. The smallest absolute Gasteiger partial charge is 0.305 e. The first kappa shape index (κ1) is 14.2. The van der Waals surface area contributed by atoms with Gasteiger partial charge in [0.25, 0.3) is 0 Å². The van der Waals surface area contributed by atoms with E-state index in [9.17, 15) is 10.1 Å². The Balaban J connectivity index is 2.03. The fourth-order valence-electron chi connectivity index (χ4n) is 2.40. The van der Waals surface area contributed by atoms with Crippen LogP contribution in [0.2, 0.25) is 0 Å². The minimum absolute atomic E-state index is 0.156. The molecule has 0 aliphatic carbocycles. The number of likely N-dealkylation sites (N-methyl/N-ethyl adjacent to an activating group) is 1. The third-order valence-electron chi connectivity index (χ3n) is 3.62. The average Bonchev–Trinajstić information content (AvgIpc) is 2.46. The number of nitro groups is 1. The summed E-state index contributed by atoms with van der Waals surface area (Å²) in [5.74, 6) is 0.506. The van der Waals surface area contributed by atoms with Crippen LogP contribution in [0.5, 0.6) is 0 Å². The fraction of sp³-hybridized carbons (Fsp3) is 0.538. The lowest BCUT2D eigenvalue weighted by Gasteiger charge is -2.32. The standard InChI is InChI=1S/C13H17N5O2/c1-17-7-3-2-4-10(17)9-15-13-6-5-12(18(19)20)11(8-14)16-13/h5-6,10H,2-4,7,9H2,1H3,(H,15,16). The van der Waals surface area contributed by atoms with Gasteiger partial charge in [0.2, 0.25) is 5.69 Å². The molecule has 1 N–H and O–H groups in total. The molecule has 0 saturated carbocycles. The van der Waals surface area contributed by atoms with Crippen LogP contribution < -0.4 is 5.32 Å². The van der Waals surface area contributed by atoms with E-state index in [0.29, 0.717) is 11.9 Å². The number of aromatic nitrogens is 1. The summed E-state index contributed by atoms with van der Waals surface area (Å²) in [7, 11) is 2.09. The summed E-state index contributed by atoms with van der Waals surface area (Å²) < 4.78 is 0. The molecular formula is C13H17N5O2. The second-order valence-electron chi connectivity index (χ2n) is 4.94. The highest BCUT2D eigenvalue weighted by Crippen LogP contribution is 2.19. The molecule has 1 aliphatic heterocycles. The third-order valence-corrected chi connectivity index (χ3v) is 3.62. The molecule has 0 amide bonds. The van der Waals surface area contributed by atoms with Crippen LogP contribution >= 0.6 is 0 Å². The van der Waals surface area contributed by atoms with Crippen LogP contribution in [0.4, 0.5) is 11.5 Å². The number of rotatable bonds is 4. The zero-order chi connectivity index (χ0) is 14.5. The van der Waals surface area contributed by atoms with Crippen molar-refractivity contribution < 1.29 is 4.92 Å². The van der Waals surface area contributed by atoms with Crippen molar-refractivity contribution in [3.8, 4) is 6.07 Å². The summed E-state index contributed by atoms with van der Waals surface area (Å²) in [5, 5.41) is 22.8. The maximum atomic E-state index is 10.7. The van der Waals surface area contributed by atoms with Crippen molar-refractivity contribution in [2.75, 3.05) is 25.5 Å². The molecule has 1 saturated heterocycles. The predicted octanol–water partition coefficient (Wildman–Crippen LogP) is 1.76. The lowest BCUT2D eigenvalue weighted by atomic mass is 10.0. The summed E-state index contributed by atoms with van der Waals surface area (Å²) in [6, 6.07) is 5.06. The molecule has 7 nitrogen and oxygen atoms in total. The van der Waals surface area contributed by atoms with Gasteiger partial charge < -0.3 is 10.2 Å². The summed E-state index contributed by atoms with van der Waals surface area (Å²) >= 11 is 0. The van der Waals surface area contributed by atoms with Crippen molar-refractivity contribution in [2.24, 2.45) is 0 Å². The number of hydrogen-bond donors (Lipinski definition) is 1. The molecule has 1 atom stereocenters. The Morgan fingerprint density at radius 1 is 1.60 bits per heavy atom. The number of nitriles is 1. The Bertz CT molecular complexity index is 540. The minimum Gasteiger partial charge on any atom is -0.368 e. The molecule has 7 heteroatoms. The SMILES string of the molecule is CN1CCCCC1CNc1ccc([N+](=O)[O-])c(C#N)n1. The summed E-state index contributed by atoms with van der Waals surface area (Å²) in [4.78, 5) is 16.4. The number of anilines is 1. The van der Waals surface area contributed by atoms with Gasteiger partial charge in [0.05, 0.1) is 4.92 Å². The van der Waals surface area contributed by atoms with E-state index in [4.69, 9.17) is 5.26 Å². The van der Waals surface area contributed by atoms with Gasteiger partial charge in [-0.05, 0) is 32.5 Å². The van der Waals surface area contributed by atoms with Gasteiger partial charge in [-0.3, -0.25) is 10.1 Å². The lowest BCUT2D eigenvalue weighted by molar-refractivity contribution is -0.385. The van der Waals surface area contributed by atoms with Crippen LogP contribution in [0.25, 0.3) is 0 Å². The van der Waals surface area contributed by atoms with Crippen LogP contribution in [-0.4, -0.2) is 41.0 Å². The van der Waals surface area contributed by atoms with Crippen LogP contribution in [0.15, 0.2) is 12.1 Å². The van der Waals surface area contributed by atoms with Crippen molar-refractivity contribution in [1.29, 1.82) is 5.26 Å². The van der Waals surface area contributed by atoms with Crippen molar-refractivity contribution in [2.45, 2.75) is 25.3 Å². The van der Waals surface area contributed by atoms with Gasteiger partial charge in [-0.2, -0.15) is 5.26 Å². The molecule has 0 bridgehead atoms. The topological polar surface area (TPSA) is 95.1 Å². The summed E-state index contributed by atoms with van der Waals surface area (Å²) in [6.45, 7) is 1.82. The van der Waals surface area contributed by atoms with E-state index in [2.05, 4.69) is 22.2 Å². The number of likely N-dealkylation sites (tertiary alicyclic amines) is 1. The zero-order valence-electron chi connectivity index (χ0n) is 11.4. The van der Waals surface area contributed by atoms with E-state index in [1.807, 2.05) is 0 Å². The molecule has 0 spiro atoms. The van der Waals surface area contributed by atoms with Crippen LogP contribution in [-0.2, 0) is 0 Å². The number of nitrogens with one attached hydrogen (secondary N) is 1. The maximum absolute atomic E-state index is 10.7.